The lowest BCUT2D eigenvalue weighted by Gasteiger charge is -2.19. The number of hydrogen-bond donors (Lipinski definition) is 0. The van der Waals surface area contributed by atoms with Crippen LogP contribution in [-0.4, -0.2) is 18.7 Å². The Bertz CT molecular complexity index is 1340. The minimum absolute atomic E-state index is 0.103. The van der Waals surface area contributed by atoms with Gasteiger partial charge in [0.1, 0.15) is 0 Å². The molecule has 0 N–H and O–H groups in total. The third kappa shape index (κ3) is 4.21. The minimum atomic E-state index is -0.321. The first-order valence-electron chi connectivity index (χ1n) is 10.6. The van der Waals surface area contributed by atoms with Crippen LogP contribution in [0.15, 0.2) is 75.7 Å². The molecule has 0 amide bonds. The molecule has 0 atom stereocenters. The van der Waals surface area contributed by atoms with Crippen molar-refractivity contribution < 1.29 is 14.3 Å². The van der Waals surface area contributed by atoms with E-state index in [-0.39, 0.29) is 11.6 Å². The number of halogens is 2. The normalized spacial score (nSPS) is 14.6. The molecule has 0 unspecified atom stereocenters. The number of carbonyl (C=O) groups excluding carboxylic acids is 1. The second-order valence-electron chi connectivity index (χ2n) is 8.41. The standard InChI is InChI=1S/C27H22Br2O3/c1-31-26(30)20-8-10-23-19(14-20)6-7-21(25(23)29)15-27(11-12-27)32-16-17-5-9-22-18(13-17)3-2-4-24(22)28/h2-10,13-14H,11-12,15-16H2,1H3. The zero-order valence-corrected chi connectivity index (χ0v) is 20.8. The Hall–Kier alpha value is -2.21. The second-order valence-corrected chi connectivity index (χ2v) is 10.1. The van der Waals surface area contributed by atoms with Gasteiger partial charge in [-0.3, -0.25) is 0 Å². The SMILES string of the molecule is COC(=O)c1ccc2c(Br)c(CC3(OCc4ccc5c(Br)cccc5c4)CC3)ccc2c1. The number of methoxy groups -OCH3 is 1. The molecule has 0 aliphatic heterocycles. The van der Waals surface area contributed by atoms with Gasteiger partial charge in [-0.05, 0) is 85.7 Å². The molecular weight excluding hydrogens is 532 g/mol. The van der Waals surface area contributed by atoms with E-state index in [2.05, 4.69) is 80.4 Å². The number of esters is 1. The first-order valence-corrected chi connectivity index (χ1v) is 12.2. The van der Waals surface area contributed by atoms with Crippen LogP contribution < -0.4 is 0 Å². The van der Waals surface area contributed by atoms with E-state index in [1.165, 1.54) is 29.0 Å². The fourth-order valence-corrected chi connectivity index (χ4v) is 5.34. The average Bonchev–Trinajstić information content (AvgIpc) is 3.58. The molecule has 1 saturated carbocycles. The summed E-state index contributed by atoms with van der Waals surface area (Å²) in [4.78, 5) is 11.8. The van der Waals surface area contributed by atoms with Crippen molar-refractivity contribution in [1.82, 2.24) is 0 Å². The van der Waals surface area contributed by atoms with Crippen LogP contribution in [-0.2, 0) is 22.5 Å². The van der Waals surface area contributed by atoms with E-state index >= 15 is 0 Å². The van der Waals surface area contributed by atoms with E-state index in [0.29, 0.717) is 12.2 Å². The van der Waals surface area contributed by atoms with Gasteiger partial charge in [-0.2, -0.15) is 0 Å². The number of benzene rings is 4. The molecule has 4 aromatic rings. The lowest BCUT2D eigenvalue weighted by atomic mass is 10.00. The smallest absolute Gasteiger partial charge is 0.337 e. The van der Waals surface area contributed by atoms with Gasteiger partial charge in [-0.1, -0.05) is 58.4 Å². The van der Waals surface area contributed by atoms with Gasteiger partial charge in [0.25, 0.3) is 0 Å². The molecular formula is C27H22Br2O3. The van der Waals surface area contributed by atoms with Crippen LogP contribution in [0.5, 0.6) is 0 Å². The highest BCUT2D eigenvalue weighted by Crippen LogP contribution is 2.45. The van der Waals surface area contributed by atoms with Gasteiger partial charge in [0.2, 0.25) is 0 Å². The Morgan fingerprint density at radius 1 is 0.938 bits per heavy atom. The highest BCUT2D eigenvalue weighted by atomic mass is 79.9. The number of fused-ring (bicyclic) bond motifs is 2. The van der Waals surface area contributed by atoms with Crippen molar-refractivity contribution in [3.8, 4) is 0 Å². The molecule has 1 aliphatic rings. The fraction of sp³-hybridized carbons (Fsp3) is 0.222. The van der Waals surface area contributed by atoms with Gasteiger partial charge in [0, 0.05) is 15.4 Å². The predicted octanol–water partition coefficient (Wildman–Crippen LogP) is 7.60. The maximum atomic E-state index is 11.8. The van der Waals surface area contributed by atoms with E-state index < -0.39 is 0 Å². The van der Waals surface area contributed by atoms with Gasteiger partial charge in [0.15, 0.2) is 0 Å². The van der Waals surface area contributed by atoms with Crippen molar-refractivity contribution in [2.24, 2.45) is 0 Å². The average molecular weight is 554 g/mol. The Kier molecular flexibility index (Phi) is 5.82. The number of carbonyl (C=O) groups is 1. The molecule has 162 valence electrons. The van der Waals surface area contributed by atoms with Crippen molar-refractivity contribution in [3.05, 3.63) is 92.4 Å². The predicted molar refractivity (Wildman–Crippen MR) is 135 cm³/mol. The summed E-state index contributed by atoms with van der Waals surface area (Å²) >= 11 is 7.41. The lowest BCUT2D eigenvalue weighted by Crippen LogP contribution is -2.18. The molecule has 4 aromatic carbocycles. The van der Waals surface area contributed by atoms with E-state index in [4.69, 9.17) is 9.47 Å². The van der Waals surface area contributed by atoms with E-state index in [1.807, 2.05) is 18.2 Å². The first kappa shape index (κ1) is 21.6. The molecule has 0 radical (unpaired) electrons. The molecule has 32 heavy (non-hydrogen) atoms. The summed E-state index contributed by atoms with van der Waals surface area (Å²) in [5, 5.41) is 4.53. The van der Waals surface area contributed by atoms with E-state index in [0.717, 1.165) is 39.0 Å². The topological polar surface area (TPSA) is 35.5 Å². The number of rotatable bonds is 6. The van der Waals surface area contributed by atoms with E-state index in [1.54, 1.807) is 0 Å². The second kappa shape index (κ2) is 8.62. The Labute approximate surface area is 204 Å². The zero-order valence-electron chi connectivity index (χ0n) is 17.7. The molecule has 5 heteroatoms. The van der Waals surface area contributed by atoms with Crippen LogP contribution in [0, 0.1) is 0 Å². The third-order valence-electron chi connectivity index (χ3n) is 6.21. The summed E-state index contributed by atoms with van der Waals surface area (Å²) in [6.45, 7) is 0.607. The third-order valence-corrected chi connectivity index (χ3v) is 7.84. The van der Waals surface area contributed by atoms with Gasteiger partial charge in [-0.15, -0.1) is 0 Å². The van der Waals surface area contributed by atoms with Gasteiger partial charge in [-0.25, -0.2) is 4.79 Å². The first-order chi connectivity index (χ1) is 15.5. The van der Waals surface area contributed by atoms with Crippen LogP contribution in [0.3, 0.4) is 0 Å². The summed E-state index contributed by atoms with van der Waals surface area (Å²) in [5.41, 5.74) is 2.87. The maximum Gasteiger partial charge on any atom is 0.337 e. The summed E-state index contributed by atoms with van der Waals surface area (Å²) < 4.78 is 13.5. The number of hydrogen-bond acceptors (Lipinski definition) is 3. The molecule has 3 nitrogen and oxygen atoms in total. The Balaban J connectivity index is 1.33. The van der Waals surface area contributed by atoms with Crippen LogP contribution in [0.1, 0.15) is 34.3 Å². The molecule has 1 fully saturated rings. The summed E-state index contributed by atoms with van der Waals surface area (Å²) in [5.74, 6) is -0.321. The maximum absolute atomic E-state index is 11.8. The summed E-state index contributed by atoms with van der Waals surface area (Å²) in [6, 6.07) is 22.6. The van der Waals surface area contributed by atoms with Crippen LogP contribution in [0.25, 0.3) is 21.5 Å². The van der Waals surface area contributed by atoms with Crippen molar-refractivity contribution in [3.63, 3.8) is 0 Å². The molecule has 1 aliphatic carbocycles. The number of ether oxygens (including phenoxy) is 2. The van der Waals surface area contributed by atoms with Gasteiger partial charge >= 0.3 is 5.97 Å². The molecule has 0 aromatic heterocycles. The van der Waals surface area contributed by atoms with Crippen molar-refractivity contribution in [2.75, 3.05) is 7.11 Å². The van der Waals surface area contributed by atoms with Gasteiger partial charge in [0.05, 0.1) is 24.9 Å². The molecule has 5 rings (SSSR count). The quantitative estimate of drug-likeness (QED) is 0.231. The van der Waals surface area contributed by atoms with Crippen molar-refractivity contribution in [1.29, 1.82) is 0 Å². The molecule has 0 bridgehead atoms. The largest absolute Gasteiger partial charge is 0.465 e. The minimum Gasteiger partial charge on any atom is -0.465 e. The molecule has 0 heterocycles. The molecule has 0 spiro atoms. The Morgan fingerprint density at radius 3 is 2.50 bits per heavy atom. The van der Waals surface area contributed by atoms with E-state index in [9.17, 15) is 4.79 Å². The summed E-state index contributed by atoms with van der Waals surface area (Å²) in [7, 11) is 1.40. The van der Waals surface area contributed by atoms with Crippen molar-refractivity contribution >= 4 is 59.4 Å². The van der Waals surface area contributed by atoms with Gasteiger partial charge < -0.3 is 9.47 Å². The fourth-order valence-electron chi connectivity index (χ4n) is 4.20. The van der Waals surface area contributed by atoms with Crippen LogP contribution in [0.4, 0.5) is 0 Å². The van der Waals surface area contributed by atoms with Crippen LogP contribution in [0.2, 0.25) is 0 Å². The monoisotopic (exact) mass is 552 g/mol. The highest BCUT2D eigenvalue weighted by molar-refractivity contribution is 9.11. The van der Waals surface area contributed by atoms with Crippen molar-refractivity contribution in [2.45, 2.75) is 31.5 Å². The molecule has 0 saturated heterocycles. The summed E-state index contributed by atoms with van der Waals surface area (Å²) in [6.07, 6.45) is 3.00. The highest BCUT2D eigenvalue weighted by Gasteiger charge is 2.44. The zero-order chi connectivity index (χ0) is 22.3. The lowest BCUT2D eigenvalue weighted by molar-refractivity contribution is 0.0204. The Morgan fingerprint density at radius 2 is 1.72 bits per heavy atom. The van der Waals surface area contributed by atoms with Crippen LogP contribution >= 0.6 is 31.9 Å².